The highest BCUT2D eigenvalue weighted by atomic mass is 15.2. The third kappa shape index (κ3) is 3.47. The van der Waals surface area contributed by atoms with E-state index in [-0.39, 0.29) is 0 Å². The van der Waals surface area contributed by atoms with Gasteiger partial charge in [-0.3, -0.25) is 4.90 Å². The number of fused-ring (bicyclic) bond motifs is 1. The molecular formula is C18H29N3. The highest BCUT2D eigenvalue weighted by Crippen LogP contribution is 2.30. The summed E-state index contributed by atoms with van der Waals surface area (Å²) in [7, 11) is 4.34. The molecule has 1 aromatic carbocycles. The number of rotatable bonds is 4. The number of hydrogen-bond acceptors (Lipinski definition) is 3. The van der Waals surface area contributed by atoms with Gasteiger partial charge >= 0.3 is 0 Å². The molecule has 3 nitrogen and oxygen atoms in total. The Labute approximate surface area is 129 Å². The Bertz CT molecular complexity index is 460. The molecule has 2 aliphatic heterocycles. The van der Waals surface area contributed by atoms with E-state index in [1.807, 2.05) is 7.05 Å². The molecule has 3 heteroatoms. The van der Waals surface area contributed by atoms with E-state index in [1.165, 1.54) is 50.0 Å². The summed E-state index contributed by atoms with van der Waals surface area (Å²) in [5, 5.41) is 3.29. The van der Waals surface area contributed by atoms with Crippen LogP contribution in [0.2, 0.25) is 0 Å². The van der Waals surface area contributed by atoms with Crippen molar-refractivity contribution in [2.45, 2.75) is 38.4 Å². The van der Waals surface area contributed by atoms with Crippen LogP contribution in [0.5, 0.6) is 0 Å². The fourth-order valence-corrected chi connectivity index (χ4v) is 4.19. The second-order valence-corrected chi connectivity index (χ2v) is 6.77. The predicted octanol–water partition coefficient (Wildman–Crippen LogP) is 2.32. The van der Waals surface area contributed by atoms with Gasteiger partial charge in [-0.1, -0.05) is 24.3 Å². The Morgan fingerprint density at radius 3 is 2.76 bits per heavy atom. The van der Waals surface area contributed by atoms with Gasteiger partial charge in [0, 0.05) is 25.7 Å². The third-order valence-corrected chi connectivity index (χ3v) is 5.31. The SMILES string of the molecule is CNCc1ccccc1CN1CCC2C(CCCN2C)C1. The summed E-state index contributed by atoms with van der Waals surface area (Å²) in [5.41, 5.74) is 2.94. The largest absolute Gasteiger partial charge is 0.316 e. The van der Waals surface area contributed by atoms with Crippen LogP contribution in [0.3, 0.4) is 0 Å². The molecule has 1 N–H and O–H groups in total. The van der Waals surface area contributed by atoms with Crippen LogP contribution in [0.1, 0.15) is 30.4 Å². The number of hydrogen-bond donors (Lipinski definition) is 1. The molecule has 2 aliphatic rings. The van der Waals surface area contributed by atoms with Gasteiger partial charge in [-0.15, -0.1) is 0 Å². The van der Waals surface area contributed by atoms with Crippen molar-refractivity contribution in [3.63, 3.8) is 0 Å². The zero-order chi connectivity index (χ0) is 14.7. The second kappa shape index (κ2) is 6.91. The van der Waals surface area contributed by atoms with Crippen LogP contribution >= 0.6 is 0 Å². The fraction of sp³-hybridized carbons (Fsp3) is 0.667. The Morgan fingerprint density at radius 1 is 1.14 bits per heavy atom. The van der Waals surface area contributed by atoms with Crippen LogP contribution in [0.15, 0.2) is 24.3 Å². The lowest BCUT2D eigenvalue weighted by Crippen LogP contribution is -2.52. The molecule has 116 valence electrons. The predicted molar refractivity (Wildman–Crippen MR) is 88.2 cm³/mol. The van der Waals surface area contributed by atoms with Crippen LogP contribution in [-0.2, 0) is 13.1 Å². The lowest BCUT2D eigenvalue weighted by Gasteiger charge is -2.46. The lowest BCUT2D eigenvalue weighted by atomic mass is 9.84. The van der Waals surface area contributed by atoms with E-state index < -0.39 is 0 Å². The molecule has 2 atom stereocenters. The van der Waals surface area contributed by atoms with Crippen molar-refractivity contribution in [2.24, 2.45) is 5.92 Å². The van der Waals surface area contributed by atoms with Gasteiger partial charge in [0.15, 0.2) is 0 Å². The normalized spacial score (nSPS) is 27.5. The van der Waals surface area contributed by atoms with E-state index in [4.69, 9.17) is 0 Å². The molecule has 2 unspecified atom stereocenters. The molecule has 2 heterocycles. The first-order chi connectivity index (χ1) is 10.3. The van der Waals surface area contributed by atoms with E-state index in [2.05, 4.69) is 46.4 Å². The van der Waals surface area contributed by atoms with Crippen LogP contribution in [0.4, 0.5) is 0 Å². The molecule has 0 aromatic heterocycles. The van der Waals surface area contributed by atoms with Crippen LogP contribution in [0, 0.1) is 5.92 Å². The van der Waals surface area contributed by atoms with Crippen LogP contribution in [-0.4, -0.2) is 49.6 Å². The van der Waals surface area contributed by atoms with E-state index in [1.54, 1.807) is 0 Å². The van der Waals surface area contributed by atoms with Gasteiger partial charge in [0.2, 0.25) is 0 Å². The Balaban J connectivity index is 1.64. The lowest BCUT2D eigenvalue weighted by molar-refractivity contribution is 0.0354. The van der Waals surface area contributed by atoms with E-state index >= 15 is 0 Å². The Kier molecular flexibility index (Phi) is 4.94. The summed E-state index contributed by atoms with van der Waals surface area (Å²) < 4.78 is 0. The third-order valence-electron chi connectivity index (χ3n) is 5.31. The molecule has 1 aromatic rings. The van der Waals surface area contributed by atoms with E-state index in [9.17, 15) is 0 Å². The summed E-state index contributed by atoms with van der Waals surface area (Å²) in [6.07, 6.45) is 4.14. The fourth-order valence-electron chi connectivity index (χ4n) is 4.19. The van der Waals surface area contributed by atoms with Crippen molar-refractivity contribution in [1.82, 2.24) is 15.1 Å². The average molecular weight is 287 g/mol. The van der Waals surface area contributed by atoms with E-state index in [0.717, 1.165) is 25.0 Å². The van der Waals surface area contributed by atoms with Crippen molar-refractivity contribution in [2.75, 3.05) is 33.7 Å². The van der Waals surface area contributed by atoms with Crippen LogP contribution < -0.4 is 5.32 Å². The van der Waals surface area contributed by atoms with Crippen molar-refractivity contribution in [1.29, 1.82) is 0 Å². The maximum absolute atomic E-state index is 3.29. The maximum Gasteiger partial charge on any atom is 0.0237 e. The quantitative estimate of drug-likeness (QED) is 0.917. The minimum atomic E-state index is 0.836. The number of piperidine rings is 2. The van der Waals surface area contributed by atoms with Gasteiger partial charge in [0.25, 0.3) is 0 Å². The molecule has 0 bridgehead atoms. The molecule has 0 aliphatic carbocycles. The molecule has 0 spiro atoms. The van der Waals surface area contributed by atoms with Gasteiger partial charge in [-0.25, -0.2) is 0 Å². The molecular weight excluding hydrogens is 258 g/mol. The highest BCUT2D eigenvalue weighted by molar-refractivity contribution is 5.27. The van der Waals surface area contributed by atoms with Gasteiger partial charge < -0.3 is 10.2 Å². The number of likely N-dealkylation sites (tertiary alicyclic amines) is 2. The van der Waals surface area contributed by atoms with E-state index in [0.29, 0.717) is 0 Å². The minimum Gasteiger partial charge on any atom is -0.316 e. The zero-order valence-electron chi connectivity index (χ0n) is 13.5. The van der Waals surface area contributed by atoms with Crippen molar-refractivity contribution in [3.05, 3.63) is 35.4 Å². The first kappa shape index (κ1) is 15.0. The Morgan fingerprint density at radius 2 is 1.95 bits per heavy atom. The average Bonchev–Trinajstić information content (AvgIpc) is 2.50. The zero-order valence-corrected chi connectivity index (χ0v) is 13.5. The number of nitrogens with zero attached hydrogens (tertiary/aromatic N) is 2. The summed E-state index contributed by atoms with van der Waals surface area (Å²) >= 11 is 0. The van der Waals surface area contributed by atoms with Crippen molar-refractivity contribution < 1.29 is 0 Å². The first-order valence-electron chi connectivity index (χ1n) is 8.42. The molecule has 2 fully saturated rings. The molecule has 21 heavy (non-hydrogen) atoms. The van der Waals surface area contributed by atoms with Gasteiger partial charge in [-0.05, 0) is 63.5 Å². The van der Waals surface area contributed by atoms with Crippen LogP contribution in [0.25, 0.3) is 0 Å². The van der Waals surface area contributed by atoms with Gasteiger partial charge in [0.05, 0.1) is 0 Å². The van der Waals surface area contributed by atoms with Crippen molar-refractivity contribution in [3.8, 4) is 0 Å². The molecule has 0 radical (unpaired) electrons. The summed E-state index contributed by atoms with van der Waals surface area (Å²) in [6.45, 7) is 5.91. The van der Waals surface area contributed by atoms with Crippen molar-refractivity contribution >= 4 is 0 Å². The molecule has 2 saturated heterocycles. The summed E-state index contributed by atoms with van der Waals surface area (Å²) in [4.78, 5) is 5.27. The van der Waals surface area contributed by atoms with Gasteiger partial charge in [-0.2, -0.15) is 0 Å². The minimum absolute atomic E-state index is 0.836. The maximum atomic E-state index is 3.29. The topological polar surface area (TPSA) is 18.5 Å². The number of nitrogens with one attached hydrogen (secondary N) is 1. The molecule has 0 amide bonds. The second-order valence-electron chi connectivity index (χ2n) is 6.77. The molecule has 3 rings (SSSR count). The Hall–Kier alpha value is -0.900. The van der Waals surface area contributed by atoms with Gasteiger partial charge in [0.1, 0.15) is 0 Å². The summed E-state index contributed by atoms with van der Waals surface area (Å²) in [5.74, 6) is 0.883. The summed E-state index contributed by atoms with van der Waals surface area (Å²) in [6, 6.07) is 9.72. The monoisotopic (exact) mass is 287 g/mol. The standard InChI is InChI=1S/C18H29N3/c1-19-12-15-6-3-4-7-16(15)13-21-11-9-18-17(14-21)8-5-10-20(18)2/h3-4,6-7,17-19H,5,8-14H2,1-2H3. The smallest absolute Gasteiger partial charge is 0.0237 e. The molecule has 0 saturated carbocycles. The number of benzene rings is 1. The highest BCUT2D eigenvalue weighted by Gasteiger charge is 2.34. The first-order valence-corrected chi connectivity index (χ1v) is 8.42.